The minimum Gasteiger partial charge on any atom is -0.406 e. The van der Waals surface area contributed by atoms with Crippen LogP contribution in [-0.4, -0.2) is 12.4 Å². The third-order valence-electron chi connectivity index (χ3n) is 3.74. The largest absolute Gasteiger partial charge is 0.573 e. The minimum absolute atomic E-state index is 0.190. The Bertz CT molecular complexity index is 610. The number of hydrogen-bond acceptors (Lipinski definition) is 2. The molecule has 1 N–H and O–H groups in total. The molecule has 1 fully saturated rings. The van der Waals surface area contributed by atoms with E-state index in [0.29, 0.717) is 18.5 Å². The Morgan fingerprint density at radius 2 is 1.68 bits per heavy atom. The van der Waals surface area contributed by atoms with Gasteiger partial charge in [-0.1, -0.05) is 42.5 Å². The number of alkyl halides is 3. The van der Waals surface area contributed by atoms with E-state index in [1.54, 1.807) is 12.1 Å². The first-order valence-electron chi connectivity index (χ1n) is 7.14. The molecule has 2 unspecified atom stereocenters. The van der Waals surface area contributed by atoms with Crippen molar-refractivity contribution < 1.29 is 17.9 Å². The van der Waals surface area contributed by atoms with Crippen LogP contribution in [0.4, 0.5) is 13.2 Å². The Kier molecular flexibility index (Phi) is 4.07. The first-order valence-corrected chi connectivity index (χ1v) is 7.14. The van der Waals surface area contributed by atoms with Crippen LogP contribution in [0.5, 0.6) is 5.75 Å². The molecule has 1 aliphatic rings. The number of benzene rings is 2. The lowest BCUT2D eigenvalue weighted by molar-refractivity contribution is -0.274. The Balaban J connectivity index is 1.49. The summed E-state index contributed by atoms with van der Waals surface area (Å²) in [5, 5.41) is 3.43. The van der Waals surface area contributed by atoms with Gasteiger partial charge in [0.25, 0.3) is 0 Å². The molecule has 0 bridgehead atoms. The average Bonchev–Trinajstić information content (AvgIpc) is 3.26. The van der Waals surface area contributed by atoms with Gasteiger partial charge >= 0.3 is 6.36 Å². The second-order valence-corrected chi connectivity index (χ2v) is 5.43. The van der Waals surface area contributed by atoms with Gasteiger partial charge in [0, 0.05) is 18.5 Å². The summed E-state index contributed by atoms with van der Waals surface area (Å²) in [6.45, 7) is 0.639. The SMILES string of the molecule is FC(F)(F)Oc1ccc(CNC2CC2c2ccccc2)cc1. The summed E-state index contributed by atoms with van der Waals surface area (Å²) in [4.78, 5) is 0. The summed E-state index contributed by atoms with van der Waals surface area (Å²) in [5.41, 5.74) is 2.27. The van der Waals surface area contributed by atoms with Crippen molar-refractivity contribution in [2.75, 3.05) is 0 Å². The van der Waals surface area contributed by atoms with Gasteiger partial charge in [-0.25, -0.2) is 0 Å². The van der Waals surface area contributed by atoms with Gasteiger partial charge in [-0.2, -0.15) is 0 Å². The third kappa shape index (κ3) is 4.01. The van der Waals surface area contributed by atoms with E-state index in [2.05, 4.69) is 22.2 Å². The van der Waals surface area contributed by atoms with Crippen molar-refractivity contribution in [3.05, 3.63) is 65.7 Å². The van der Waals surface area contributed by atoms with Crippen LogP contribution in [0, 0.1) is 0 Å². The molecule has 0 spiro atoms. The van der Waals surface area contributed by atoms with Gasteiger partial charge in [0.1, 0.15) is 5.75 Å². The van der Waals surface area contributed by atoms with Gasteiger partial charge < -0.3 is 10.1 Å². The average molecular weight is 307 g/mol. The highest BCUT2D eigenvalue weighted by Gasteiger charge is 2.37. The zero-order chi connectivity index (χ0) is 15.6. The summed E-state index contributed by atoms with van der Waals surface area (Å²) in [5.74, 6) is 0.346. The van der Waals surface area contributed by atoms with Gasteiger partial charge in [-0.05, 0) is 29.7 Å². The Hall–Kier alpha value is -2.01. The molecule has 2 aromatic rings. The van der Waals surface area contributed by atoms with Gasteiger partial charge in [-0.15, -0.1) is 13.2 Å². The fourth-order valence-corrected chi connectivity index (χ4v) is 2.55. The Morgan fingerprint density at radius 1 is 1.00 bits per heavy atom. The van der Waals surface area contributed by atoms with E-state index < -0.39 is 6.36 Å². The molecule has 0 aromatic heterocycles. The highest BCUT2D eigenvalue weighted by Crippen LogP contribution is 2.40. The molecule has 2 atom stereocenters. The van der Waals surface area contributed by atoms with Crippen LogP contribution in [0.25, 0.3) is 0 Å². The maximum absolute atomic E-state index is 12.1. The van der Waals surface area contributed by atoms with Crippen molar-refractivity contribution in [1.29, 1.82) is 0 Å². The summed E-state index contributed by atoms with van der Waals surface area (Å²) in [6, 6.07) is 16.7. The molecule has 2 aromatic carbocycles. The monoisotopic (exact) mass is 307 g/mol. The van der Waals surface area contributed by atoms with Gasteiger partial charge in [-0.3, -0.25) is 0 Å². The smallest absolute Gasteiger partial charge is 0.406 e. The maximum Gasteiger partial charge on any atom is 0.573 e. The van der Waals surface area contributed by atoms with E-state index in [-0.39, 0.29) is 5.75 Å². The van der Waals surface area contributed by atoms with Crippen molar-refractivity contribution in [1.82, 2.24) is 5.32 Å². The van der Waals surface area contributed by atoms with Crippen molar-refractivity contribution in [3.63, 3.8) is 0 Å². The lowest BCUT2D eigenvalue weighted by Gasteiger charge is -2.09. The van der Waals surface area contributed by atoms with Crippen LogP contribution in [0.3, 0.4) is 0 Å². The lowest BCUT2D eigenvalue weighted by atomic mass is 10.1. The fourth-order valence-electron chi connectivity index (χ4n) is 2.55. The molecule has 116 valence electrons. The lowest BCUT2D eigenvalue weighted by Crippen LogP contribution is -2.18. The number of halogens is 3. The molecule has 1 saturated carbocycles. The molecular weight excluding hydrogens is 291 g/mol. The molecular formula is C17H16F3NO. The van der Waals surface area contributed by atoms with E-state index in [1.807, 2.05) is 18.2 Å². The maximum atomic E-state index is 12.1. The van der Waals surface area contributed by atoms with E-state index >= 15 is 0 Å². The van der Waals surface area contributed by atoms with Gasteiger partial charge in [0.2, 0.25) is 0 Å². The molecule has 22 heavy (non-hydrogen) atoms. The van der Waals surface area contributed by atoms with Crippen molar-refractivity contribution in [2.24, 2.45) is 0 Å². The van der Waals surface area contributed by atoms with Crippen LogP contribution in [-0.2, 0) is 6.54 Å². The number of nitrogens with one attached hydrogen (secondary N) is 1. The molecule has 0 heterocycles. The first-order chi connectivity index (χ1) is 10.5. The summed E-state index contributed by atoms with van der Waals surface area (Å²) in [7, 11) is 0. The first kappa shape index (κ1) is 14.9. The molecule has 0 radical (unpaired) electrons. The van der Waals surface area contributed by atoms with Gasteiger partial charge in [0.05, 0.1) is 0 Å². The van der Waals surface area contributed by atoms with E-state index in [0.717, 1.165) is 12.0 Å². The predicted molar refractivity (Wildman–Crippen MR) is 77.6 cm³/mol. The molecule has 0 saturated heterocycles. The minimum atomic E-state index is -4.64. The normalized spacial score (nSPS) is 20.7. The van der Waals surface area contributed by atoms with Crippen LogP contribution in [0.1, 0.15) is 23.5 Å². The molecule has 0 amide bonds. The summed E-state index contributed by atoms with van der Waals surface area (Å²) < 4.78 is 40.1. The number of ether oxygens (including phenoxy) is 1. The van der Waals surface area contributed by atoms with Crippen LogP contribution in [0.2, 0.25) is 0 Å². The number of hydrogen-bond donors (Lipinski definition) is 1. The van der Waals surface area contributed by atoms with Crippen LogP contribution < -0.4 is 10.1 Å². The van der Waals surface area contributed by atoms with Crippen molar-refractivity contribution in [2.45, 2.75) is 31.3 Å². The zero-order valence-corrected chi connectivity index (χ0v) is 11.8. The number of rotatable bonds is 5. The molecule has 2 nitrogen and oxygen atoms in total. The van der Waals surface area contributed by atoms with E-state index in [4.69, 9.17) is 0 Å². The Morgan fingerprint density at radius 3 is 2.32 bits per heavy atom. The van der Waals surface area contributed by atoms with Crippen molar-refractivity contribution >= 4 is 0 Å². The molecule has 0 aliphatic heterocycles. The molecule has 1 aliphatic carbocycles. The highest BCUT2D eigenvalue weighted by atomic mass is 19.4. The Labute approximate surface area is 126 Å². The highest BCUT2D eigenvalue weighted by molar-refractivity contribution is 5.29. The molecule has 3 rings (SSSR count). The van der Waals surface area contributed by atoms with Gasteiger partial charge in [0.15, 0.2) is 0 Å². The second-order valence-electron chi connectivity index (χ2n) is 5.43. The van der Waals surface area contributed by atoms with Crippen LogP contribution in [0.15, 0.2) is 54.6 Å². The summed E-state index contributed by atoms with van der Waals surface area (Å²) >= 11 is 0. The van der Waals surface area contributed by atoms with E-state index in [9.17, 15) is 13.2 Å². The standard InChI is InChI=1S/C17H16F3NO/c18-17(19,20)22-14-8-6-12(7-9-14)11-21-16-10-15(16)13-4-2-1-3-5-13/h1-9,15-16,21H,10-11H2. The summed E-state index contributed by atoms with van der Waals surface area (Å²) in [6.07, 6.45) is -3.55. The third-order valence-corrected chi connectivity index (χ3v) is 3.74. The zero-order valence-electron chi connectivity index (χ0n) is 11.8. The molecule has 5 heteroatoms. The topological polar surface area (TPSA) is 21.3 Å². The van der Waals surface area contributed by atoms with E-state index in [1.165, 1.54) is 17.7 Å². The van der Waals surface area contributed by atoms with Crippen LogP contribution >= 0.6 is 0 Å². The fraction of sp³-hybridized carbons (Fsp3) is 0.294. The predicted octanol–water partition coefficient (Wildman–Crippen LogP) is 4.23. The van der Waals surface area contributed by atoms with Crippen molar-refractivity contribution in [3.8, 4) is 5.75 Å². The second kappa shape index (κ2) is 6.01. The quantitative estimate of drug-likeness (QED) is 0.892.